The molecule has 0 aliphatic carbocycles. The van der Waals surface area contributed by atoms with Gasteiger partial charge in [0.1, 0.15) is 0 Å². The molecule has 26 heavy (non-hydrogen) atoms. The lowest BCUT2D eigenvalue weighted by Crippen LogP contribution is -2.41. The molecule has 6 heteroatoms. The third kappa shape index (κ3) is 4.94. The molecule has 0 saturated carbocycles. The van der Waals surface area contributed by atoms with Gasteiger partial charge in [-0.05, 0) is 49.1 Å². The zero-order valence-corrected chi connectivity index (χ0v) is 16.3. The standard InChI is InChI=1S/C20H28ClN5/c1-16-5-6-18(21)13-19(16)26-11-7-17(15-26)14-24-20(22-2)23-8-12-25-9-3-4-10-25/h3-6,9-10,13,17H,7-8,11-12,14-15H2,1-2H3,(H2,22,23,24). The number of aryl methyl sites for hydroxylation is 1. The van der Waals surface area contributed by atoms with Gasteiger partial charge in [0.15, 0.2) is 5.96 Å². The molecule has 1 aromatic heterocycles. The van der Waals surface area contributed by atoms with Crippen LogP contribution in [0, 0.1) is 12.8 Å². The number of aromatic nitrogens is 1. The molecule has 0 bridgehead atoms. The Balaban J connectivity index is 1.43. The van der Waals surface area contributed by atoms with Gasteiger partial charge in [-0.2, -0.15) is 0 Å². The summed E-state index contributed by atoms with van der Waals surface area (Å²) in [7, 11) is 1.82. The number of hydrogen-bond acceptors (Lipinski definition) is 2. The van der Waals surface area contributed by atoms with E-state index in [-0.39, 0.29) is 0 Å². The van der Waals surface area contributed by atoms with Gasteiger partial charge in [-0.3, -0.25) is 4.99 Å². The lowest BCUT2D eigenvalue weighted by atomic mass is 10.1. The molecule has 1 saturated heterocycles. The molecule has 2 heterocycles. The van der Waals surface area contributed by atoms with Gasteiger partial charge in [-0.15, -0.1) is 0 Å². The van der Waals surface area contributed by atoms with Gasteiger partial charge in [-0.1, -0.05) is 17.7 Å². The number of nitrogens with zero attached hydrogens (tertiary/aromatic N) is 3. The minimum atomic E-state index is 0.608. The molecule has 3 rings (SSSR count). The van der Waals surface area contributed by atoms with E-state index >= 15 is 0 Å². The molecule has 1 aromatic carbocycles. The largest absolute Gasteiger partial charge is 0.371 e. The van der Waals surface area contributed by atoms with Crippen molar-refractivity contribution in [2.75, 3.05) is 38.1 Å². The van der Waals surface area contributed by atoms with E-state index in [4.69, 9.17) is 11.6 Å². The SMILES string of the molecule is CN=C(NCCn1cccc1)NCC1CCN(c2cc(Cl)ccc2C)C1. The average molecular weight is 374 g/mol. The second kappa shape index (κ2) is 8.99. The number of benzene rings is 1. The van der Waals surface area contributed by atoms with Crippen LogP contribution in [0.1, 0.15) is 12.0 Å². The predicted molar refractivity (Wildman–Crippen MR) is 110 cm³/mol. The smallest absolute Gasteiger partial charge is 0.191 e. The summed E-state index contributed by atoms with van der Waals surface area (Å²) >= 11 is 6.17. The van der Waals surface area contributed by atoms with E-state index < -0.39 is 0 Å². The molecule has 5 nitrogen and oxygen atoms in total. The van der Waals surface area contributed by atoms with Gasteiger partial charge >= 0.3 is 0 Å². The highest BCUT2D eigenvalue weighted by Crippen LogP contribution is 2.29. The van der Waals surface area contributed by atoms with E-state index in [9.17, 15) is 0 Å². The minimum Gasteiger partial charge on any atom is -0.371 e. The first-order chi connectivity index (χ1) is 12.7. The second-order valence-corrected chi connectivity index (χ2v) is 7.27. The van der Waals surface area contributed by atoms with Gasteiger partial charge in [0.25, 0.3) is 0 Å². The first-order valence-electron chi connectivity index (χ1n) is 9.22. The number of anilines is 1. The summed E-state index contributed by atoms with van der Waals surface area (Å²) in [6.07, 6.45) is 5.32. The second-order valence-electron chi connectivity index (χ2n) is 6.83. The Hall–Kier alpha value is -2.14. The maximum atomic E-state index is 6.17. The van der Waals surface area contributed by atoms with Crippen LogP contribution in [0.25, 0.3) is 0 Å². The van der Waals surface area contributed by atoms with E-state index in [1.54, 1.807) is 0 Å². The molecule has 0 amide bonds. The fourth-order valence-electron chi connectivity index (χ4n) is 3.43. The summed E-state index contributed by atoms with van der Waals surface area (Å²) in [6, 6.07) is 10.2. The molecule has 0 radical (unpaired) electrons. The van der Waals surface area contributed by atoms with Crippen LogP contribution in [0.3, 0.4) is 0 Å². The Morgan fingerprint density at radius 2 is 2.08 bits per heavy atom. The third-order valence-corrected chi connectivity index (χ3v) is 5.14. The fourth-order valence-corrected chi connectivity index (χ4v) is 3.59. The zero-order valence-electron chi connectivity index (χ0n) is 15.6. The number of hydrogen-bond donors (Lipinski definition) is 2. The Labute approximate surface area is 161 Å². The third-order valence-electron chi connectivity index (χ3n) is 4.91. The van der Waals surface area contributed by atoms with Crippen molar-refractivity contribution in [1.82, 2.24) is 15.2 Å². The molecule has 1 unspecified atom stereocenters. The van der Waals surface area contributed by atoms with Crippen molar-refractivity contribution in [3.05, 3.63) is 53.3 Å². The summed E-state index contributed by atoms with van der Waals surface area (Å²) in [5, 5.41) is 7.65. The normalized spacial score (nSPS) is 17.6. The molecule has 1 aliphatic heterocycles. The maximum Gasteiger partial charge on any atom is 0.191 e. The predicted octanol–water partition coefficient (Wildman–Crippen LogP) is 3.14. The first kappa shape index (κ1) is 18.6. The topological polar surface area (TPSA) is 44.6 Å². The number of nitrogens with one attached hydrogen (secondary N) is 2. The van der Waals surface area contributed by atoms with Crippen LogP contribution in [-0.4, -0.2) is 43.8 Å². The molecule has 1 fully saturated rings. The first-order valence-corrected chi connectivity index (χ1v) is 9.60. The van der Waals surface area contributed by atoms with Crippen molar-refractivity contribution < 1.29 is 0 Å². The van der Waals surface area contributed by atoms with Gasteiger partial charge < -0.3 is 20.1 Å². The van der Waals surface area contributed by atoms with Crippen molar-refractivity contribution in [2.45, 2.75) is 19.9 Å². The molecule has 140 valence electrons. The number of guanidine groups is 1. The summed E-state index contributed by atoms with van der Waals surface area (Å²) in [4.78, 5) is 6.77. The van der Waals surface area contributed by atoms with Crippen LogP contribution in [0.5, 0.6) is 0 Å². The van der Waals surface area contributed by atoms with E-state index in [0.717, 1.165) is 43.7 Å². The van der Waals surface area contributed by atoms with Crippen LogP contribution in [0.2, 0.25) is 5.02 Å². The summed E-state index contributed by atoms with van der Waals surface area (Å²) in [5.74, 6) is 1.48. The van der Waals surface area contributed by atoms with E-state index in [2.05, 4.69) is 56.5 Å². The lowest BCUT2D eigenvalue weighted by molar-refractivity contribution is 0.563. The monoisotopic (exact) mass is 373 g/mol. The highest BCUT2D eigenvalue weighted by atomic mass is 35.5. The van der Waals surface area contributed by atoms with Crippen molar-refractivity contribution in [1.29, 1.82) is 0 Å². The van der Waals surface area contributed by atoms with Gasteiger partial charge in [0.2, 0.25) is 0 Å². The molecular weight excluding hydrogens is 346 g/mol. The lowest BCUT2D eigenvalue weighted by Gasteiger charge is -2.21. The van der Waals surface area contributed by atoms with Crippen molar-refractivity contribution in [3.63, 3.8) is 0 Å². The Morgan fingerprint density at radius 3 is 2.85 bits per heavy atom. The molecule has 0 spiro atoms. The molecule has 1 aliphatic rings. The number of aliphatic imine (C=N–C) groups is 1. The van der Waals surface area contributed by atoms with E-state index in [1.807, 2.05) is 25.2 Å². The Bertz CT molecular complexity index is 726. The maximum absolute atomic E-state index is 6.17. The van der Waals surface area contributed by atoms with Crippen LogP contribution in [-0.2, 0) is 6.54 Å². The van der Waals surface area contributed by atoms with Gasteiger partial charge in [-0.25, -0.2) is 0 Å². The average Bonchev–Trinajstić information content (AvgIpc) is 3.32. The zero-order chi connectivity index (χ0) is 18.4. The highest BCUT2D eigenvalue weighted by molar-refractivity contribution is 6.30. The van der Waals surface area contributed by atoms with Gasteiger partial charge in [0.05, 0.1) is 0 Å². The van der Waals surface area contributed by atoms with Gasteiger partial charge in [0, 0.05) is 62.9 Å². The van der Waals surface area contributed by atoms with E-state index in [1.165, 1.54) is 17.7 Å². The van der Waals surface area contributed by atoms with E-state index in [0.29, 0.717) is 5.92 Å². The van der Waals surface area contributed by atoms with Crippen molar-refractivity contribution in [2.24, 2.45) is 10.9 Å². The van der Waals surface area contributed by atoms with Crippen LogP contribution in [0.15, 0.2) is 47.7 Å². The summed E-state index contributed by atoms with van der Waals surface area (Å²) in [5.41, 5.74) is 2.54. The molecule has 2 N–H and O–H groups in total. The fraction of sp³-hybridized carbons (Fsp3) is 0.450. The Morgan fingerprint density at radius 1 is 1.27 bits per heavy atom. The van der Waals surface area contributed by atoms with Crippen LogP contribution >= 0.6 is 11.6 Å². The van der Waals surface area contributed by atoms with Crippen molar-refractivity contribution >= 4 is 23.2 Å². The highest BCUT2D eigenvalue weighted by Gasteiger charge is 2.23. The Kier molecular flexibility index (Phi) is 6.45. The summed E-state index contributed by atoms with van der Waals surface area (Å²) < 4.78 is 2.16. The molecular formula is C20H28ClN5. The number of rotatable bonds is 6. The minimum absolute atomic E-state index is 0.608. The van der Waals surface area contributed by atoms with Crippen molar-refractivity contribution in [3.8, 4) is 0 Å². The van der Waals surface area contributed by atoms with Crippen LogP contribution in [0.4, 0.5) is 5.69 Å². The number of halogens is 1. The van der Waals surface area contributed by atoms with Crippen LogP contribution < -0.4 is 15.5 Å². The quantitative estimate of drug-likeness (QED) is 0.604. The molecule has 2 aromatic rings. The molecule has 1 atom stereocenters. The summed E-state index contributed by atoms with van der Waals surface area (Å²) in [6.45, 7) is 6.99.